The zero-order valence-electron chi connectivity index (χ0n) is 16.2. The Morgan fingerprint density at radius 1 is 1.34 bits per heavy atom. The van der Waals surface area contributed by atoms with Crippen molar-refractivity contribution in [2.24, 2.45) is 0 Å². The van der Waals surface area contributed by atoms with Gasteiger partial charge in [-0.05, 0) is 18.6 Å². The van der Waals surface area contributed by atoms with Gasteiger partial charge < -0.3 is 20.0 Å². The van der Waals surface area contributed by atoms with E-state index in [0.29, 0.717) is 25.3 Å². The summed E-state index contributed by atoms with van der Waals surface area (Å²) in [6.45, 7) is 0.795. The van der Waals surface area contributed by atoms with E-state index in [1.807, 2.05) is 0 Å². The van der Waals surface area contributed by atoms with E-state index in [9.17, 15) is 23.5 Å². The van der Waals surface area contributed by atoms with Crippen LogP contribution >= 0.6 is 11.8 Å². The quantitative estimate of drug-likeness (QED) is 0.418. The van der Waals surface area contributed by atoms with Crippen LogP contribution in [0.15, 0.2) is 42.5 Å². The van der Waals surface area contributed by atoms with Gasteiger partial charge >= 0.3 is 17.9 Å². The van der Waals surface area contributed by atoms with E-state index in [4.69, 9.17) is 5.11 Å². The number of halogens is 2. The van der Waals surface area contributed by atoms with Gasteiger partial charge in [-0.1, -0.05) is 42.5 Å². The second-order valence-electron chi connectivity index (χ2n) is 6.90. The van der Waals surface area contributed by atoms with E-state index in [1.54, 1.807) is 18.0 Å². The Hall–Kier alpha value is -2.13. The molecular weight excluding hydrogens is 402 g/mol. The largest absolute Gasteiger partial charge is 0.481 e. The van der Waals surface area contributed by atoms with Gasteiger partial charge in [0.1, 0.15) is 6.10 Å². The minimum atomic E-state index is -3.43. The number of carbonyl (C=O) groups excluding carboxylic acids is 1. The zero-order chi connectivity index (χ0) is 21.4. The van der Waals surface area contributed by atoms with Crippen LogP contribution in [0.25, 0.3) is 0 Å². The molecule has 9 heteroatoms. The van der Waals surface area contributed by atoms with E-state index < -0.39 is 24.0 Å². The summed E-state index contributed by atoms with van der Waals surface area (Å²) >= 11 is 1.32. The first-order valence-corrected chi connectivity index (χ1v) is 10.5. The van der Waals surface area contributed by atoms with Gasteiger partial charge in [-0.2, -0.15) is 20.5 Å². The van der Waals surface area contributed by atoms with Gasteiger partial charge in [-0.3, -0.25) is 4.79 Å². The number of rotatable bonds is 11. The number of benzene rings is 1. The minimum absolute atomic E-state index is 0.0459. The van der Waals surface area contributed by atoms with E-state index >= 15 is 0 Å². The molecule has 0 aromatic heterocycles. The van der Waals surface area contributed by atoms with Gasteiger partial charge in [0.15, 0.2) is 0 Å². The number of aliphatic carboxylic acids is 1. The number of alkyl halides is 2. The lowest BCUT2D eigenvalue weighted by atomic mass is 10.0. The van der Waals surface area contributed by atoms with Gasteiger partial charge in [0.2, 0.25) is 0 Å². The van der Waals surface area contributed by atoms with Crippen LogP contribution in [-0.4, -0.2) is 75.8 Å². The van der Waals surface area contributed by atoms with Crippen LogP contribution in [0.5, 0.6) is 0 Å². The number of likely N-dealkylation sites (N-methyl/N-ethyl adjacent to an activating group) is 1. The number of aliphatic hydroxyl groups excluding tert-OH is 1. The summed E-state index contributed by atoms with van der Waals surface area (Å²) in [5.74, 6) is -3.57. The number of urea groups is 1. The highest BCUT2D eigenvalue weighted by molar-refractivity contribution is 7.99. The molecule has 2 atom stereocenters. The van der Waals surface area contributed by atoms with Crippen molar-refractivity contribution in [2.75, 3.05) is 31.6 Å². The molecule has 1 aromatic rings. The molecule has 2 unspecified atom stereocenters. The maximum Gasteiger partial charge on any atom is 0.320 e. The molecule has 1 fully saturated rings. The standard InChI is InChI=1S/C20H26F2N2O4S/c1-23-13-16(24(19(23)28)11-5-6-12-29-14-18(26)27)9-10-17(25)20(21,22)15-7-3-2-4-8-15/h2-4,7-10,16-17,25H,5-6,11-14H2,1H3,(H,26,27). The Balaban J connectivity index is 1.92. The molecule has 160 valence electrons. The number of hydrogen-bond donors (Lipinski definition) is 2. The fourth-order valence-electron chi connectivity index (χ4n) is 3.08. The summed E-state index contributed by atoms with van der Waals surface area (Å²) < 4.78 is 28.8. The zero-order valence-corrected chi connectivity index (χ0v) is 17.0. The second-order valence-corrected chi connectivity index (χ2v) is 8.00. The Morgan fingerprint density at radius 3 is 2.69 bits per heavy atom. The van der Waals surface area contributed by atoms with Crippen LogP contribution in [0.1, 0.15) is 18.4 Å². The lowest BCUT2D eigenvalue weighted by Gasteiger charge is -2.23. The first-order chi connectivity index (χ1) is 13.7. The molecule has 1 saturated heterocycles. The average molecular weight is 429 g/mol. The third-order valence-electron chi connectivity index (χ3n) is 4.64. The number of amides is 2. The van der Waals surface area contributed by atoms with Gasteiger partial charge in [-0.25, -0.2) is 4.79 Å². The number of unbranched alkanes of at least 4 members (excludes halogenated alkanes) is 1. The summed E-state index contributed by atoms with van der Waals surface area (Å²) in [5.41, 5.74) is -0.271. The first-order valence-electron chi connectivity index (χ1n) is 9.34. The number of nitrogens with zero attached hydrogens (tertiary/aromatic N) is 2. The molecule has 0 saturated carbocycles. The molecule has 0 radical (unpaired) electrons. The lowest BCUT2D eigenvalue weighted by Crippen LogP contribution is -2.35. The fraction of sp³-hybridized carbons (Fsp3) is 0.500. The predicted octanol–water partition coefficient (Wildman–Crippen LogP) is 3.03. The van der Waals surface area contributed by atoms with Crippen LogP contribution in [0, 0.1) is 0 Å². The highest BCUT2D eigenvalue weighted by atomic mass is 32.2. The van der Waals surface area contributed by atoms with Crippen molar-refractivity contribution in [3.8, 4) is 0 Å². The number of carboxylic acids is 1. The monoisotopic (exact) mass is 428 g/mol. The molecule has 0 spiro atoms. The van der Waals surface area contributed by atoms with Crippen LogP contribution in [0.2, 0.25) is 0 Å². The molecule has 0 bridgehead atoms. The molecule has 1 heterocycles. The van der Waals surface area contributed by atoms with Crippen LogP contribution in [0.4, 0.5) is 13.6 Å². The number of aliphatic hydroxyl groups is 1. The van der Waals surface area contributed by atoms with Crippen LogP contribution < -0.4 is 0 Å². The van der Waals surface area contributed by atoms with Crippen LogP contribution in [-0.2, 0) is 10.7 Å². The SMILES string of the molecule is CN1CC(C=CC(O)C(F)(F)c2ccccc2)N(CCCCSCC(=O)O)C1=O. The van der Waals surface area contributed by atoms with E-state index in [0.717, 1.165) is 12.5 Å². The van der Waals surface area contributed by atoms with Crippen LogP contribution in [0.3, 0.4) is 0 Å². The highest BCUT2D eigenvalue weighted by Gasteiger charge is 2.39. The molecule has 1 aliphatic heterocycles. The second kappa shape index (κ2) is 10.6. The van der Waals surface area contributed by atoms with E-state index in [-0.39, 0.29) is 17.3 Å². The first kappa shape index (κ1) is 23.2. The maximum atomic E-state index is 14.4. The topological polar surface area (TPSA) is 81.1 Å². The minimum Gasteiger partial charge on any atom is -0.481 e. The van der Waals surface area contributed by atoms with E-state index in [1.165, 1.54) is 47.0 Å². The van der Waals surface area contributed by atoms with Gasteiger partial charge in [0.05, 0.1) is 11.8 Å². The smallest absolute Gasteiger partial charge is 0.320 e. The Kier molecular flexibility index (Phi) is 8.45. The molecule has 0 aliphatic carbocycles. The average Bonchev–Trinajstić information content (AvgIpc) is 2.96. The summed E-state index contributed by atoms with van der Waals surface area (Å²) in [6.07, 6.45) is 1.94. The molecule has 29 heavy (non-hydrogen) atoms. The third-order valence-corrected chi connectivity index (χ3v) is 5.67. The number of hydrogen-bond acceptors (Lipinski definition) is 4. The highest BCUT2D eigenvalue weighted by Crippen LogP contribution is 2.32. The summed E-state index contributed by atoms with van der Waals surface area (Å²) in [4.78, 5) is 25.9. The molecular formula is C20H26F2N2O4S. The number of carboxylic acid groups (broad SMARTS) is 1. The molecule has 2 N–H and O–H groups in total. The summed E-state index contributed by atoms with van der Waals surface area (Å²) in [5, 5.41) is 18.6. The van der Waals surface area contributed by atoms with Crippen molar-refractivity contribution in [2.45, 2.75) is 30.9 Å². The molecule has 2 rings (SSSR count). The van der Waals surface area contributed by atoms with Gasteiger partial charge in [-0.15, -0.1) is 0 Å². The Labute approximate surface area is 173 Å². The number of carbonyl (C=O) groups is 2. The van der Waals surface area contributed by atoms with Crippen molar-refractivity contribution >= 4 is 23.8 Å². The third kappa shape index (κ3) is 6.43. The molecule has 6 nitrogen and oxygen atoms in total. The maximum absolute atomic E-state index is 14.4. The Morgan fingerprint density at radius 2 is 2.03 bits per heavy atom. The summed E-state index contributed by atoms with van der Waals surface area (Å²) in [6, 6.07) is 6.53. The normalized spacial score (nSPS) is 18.6. The van der Waals surface area contributed by atoms with Crippen molar-refractivity contribution in [1.29, 1.82) is 0 Å². The van der Waals surface area contributed by atoms with Crippen molar-refractivity contribution in [3.05, 3.63) is 48.0 Å². The Bertz CT molecular complexity index is 718. The molecule has 2 amide bonds. The van der Waals surface area contributed by atoms with Crippen molar-refractivity contribution in [1.82, 2.24) is 9.80 Å². The fourth-order valence-corrected chi connectivity index (χ4v) is 3.80. The number of thioether (sulfide) groups is 1. The van der Waals surface area contributed by atoms with E-state index in [2.05, 4.69) is 0 Å². The van der Waals surface area contributed by atoms with Gasteiger partial charge in [0, 0.05) is 25.7 Å². The molecule has 1 aromatic carbocycles. The molecule has 1 aliphatic rings. The van der Waals surface area contributed by atoms with Crippen molar-refractivity contribution < 1.29 is 28.6 Å². The van der Waals surface area contributed by atoms with Crippen molar-refractivity contribution in [3.63, 3.8) is 0 Å². The van der Waals surface area contributed by atoms with Gasteiger partial charge in [0.25, 0.3) is 0 Å². The predicted molar refractivity (Wildman–Crippen MR) is 108 cm³/mol. The summed E-state index contributed by atoms with van der Waals surface area (Å²) in [7, 11) is 1.64. The lowest BCUT2D eigenvalue weighted by molar-refractivity contribution is -0.133.